The molecule has 3 N–H and O–H groups in total. The predicted octanol–water partition coefficient (Wildman–Crippen LogP) is 2.33. The molecule has 0 atom stereocenters. The summed E-state index contributed by atoms with van der Waals surface area (Å²) >= 11 is 0. The van der Waals surface area contributed by atoms with Gasteiger partial charge in [-0.15, -0.1) is 0 Å². The Hall–Kier alpha value is -1.55. The van der Waals surface area contributed by atoms with Crippen LogP contribution < -0.4 is 11.1 Å². The lowest BCUT2D eigenvalue weighted by molar-refractivity contribution is -0.116. The summed E-state index contributed by atoms with van der Waals surface area (Å²) in [6.45, 7) is 5.20. The minimum absolute atomic E-state index is 0.00148. The number of hydrogen-bond donors (Lipinski definition) is 2. The molecule has 0 bridgehead atoms. The van der Waals surface area contributed by atoms with E-state index in [1.54, 1.807) is 6.07 Å². The second-order valence-electron chi connectivity index (χ2n) is 3.92. The summed E-state index contributed by atoms with van der Waals surface area (Å²) in [6, 6.07) is 5.49. The molecule has 0 aliphatic rings. The highest BCUT2D eigenvalue weighted by molar-refractivity contribution is 5.91. The maximum atomic E-state index is 11.6. The van der Waals surface area contributed by atoms with E-state index in [1.165, 1.54) is 0 Å². The molecular weight excluding hydrogens is 216 g/mol. The fraction of sp³-hybridized carbons (Fsp3) is 0.462. The molecule has 1 aromatic rings. The van der Waals surface area contributed by atoms with Crippen LogP contribution in [0, 0.1) is 6.92 Å². The first kappa shape index (κ1) is 13.5. The van der Waals surface area contributed by atoms with Gasteiger partial charge < -0.3 is 15.8 Å². The molecule has 0 heterocycles. The van der Waals surface area contributed by atoms with E-state index < -0.39 is 0 Å². The van der Waals surface area contributed by atoms with Crippen LogP contribution in [0.1, 0.15) is 25.3 Å². The highest BCUT2D eigenvalue weighted by Crippen LogP contribution is 2.18. The number of ether oxygens (including phenoxy) is 1. The number of rotatable bonds is 6. The van der Waals surface area contributed by atoms with Crippen LogP contribution in [0.25, 0.3) is 0 Å². The molecule has 0 unspecified atom stereocenters. The van der Waals surface area contributed by atoms with Gasteiger partial charge in [-0.3, -0.25) is 4.79 Å². The highest BCUT2D eigenvalue weighted by atomic mass is 16.5. The molecule has 0 fully saturated rings. The largest absolute Gasteiger partial charge is 0.399 e. The molecule has 0 aliphatic heterocycles. The SMILES string of the molecule is CCOCCCC(=O)Nc1cc(N)ccc1C. The number of aryl methyl sites for hydroxylation is 1. The van der Waals surface area contributed by atoms with Crippen molar-refractivity contribution in [1.82, 2.24) is 0 Å². The predicted molar refractivity (Wildman–Crippen MR) is 69.9 cm³/mol. The van der Waals surface area contributed by atoms with Gasteiger partial charge in [-0.1, -0.05) is 6.07 Å². The Morgan fingerprint density at radius 1 is 1.47 bits per heavy atom. The van der Waals surface area contributed by atoms with E-state index in [2.05, 4.69) is 5.32 Å². The standard InChI is InChI=1S/C13H20N2O2/c1-3-17-8-4-5-13(16)15-12-9-11(14)7-6-10(12)2/h6-7,9H,3-5,8,14H2,1-2H3,(H,15,16). The summed E-state index contributed by atoms with van der Waals surface area (Å²) in [7, 11) is 0. The minimum atomic E-state index is -0.00148. The number of carbonyl (C=O) groups is 1. The van der Waals surface area contributed by atoms with E-state index in [4.69, 9.17) is 10.5 Å². The number of hydrogen-bond acceptors (Lipinski definition) is 3. The van der Waals surface area contributed by atoms with Crippen molar-refractivity contribution in [3.05, 3.63) is 23.8 Å². The number of amides is 1. The Morgan fingerprint density at radius 2 is 2.24 bits per heavy atom. The Bertz CT molecular complexity index is 378. The highest BCUT2D eigenvalue weighted by Gasteiger charge is 2.04. The van der Waals surface area contributed by atoms with Gasteiger partial charge in [0.25, 0.3) is 0 Å². The van der Waals surface area contributed by atoms with E-state index in [-0.39, 0.29) is 5.91 Å². The molecule has 4 nitrogen and oxygen atoms in total. The first-order valence-corrected chi connectivity index (χ1v) is 5.87. The molecule has 1 rings (SSSR count). The summed E-state index contributed by atoms with van der Waals surface area (Å²) in [5, 5.41) is 2.85. The van der Waals surface area contributed by atoms with E-state index in [1.807, 2.05) is 26.0 Å². The topological polar surface area (TPSA) is 64.3 Å². The second-order valence-corrected chi connectivity index (χ2v) is 3.92. The summed E-state index contributed by atoms with van der Waals surface area (Å²) < 4.78 is 5.18. The normalized spacial score (nSPS) is 10.2. The third-order valence-corrected chi connectivity index (χ3v) is 2.43. The molecule has 4 heteroatoms. The molecule has 0 aromatic heterocycles. The van der Waals surface area contributed by atoms with E-state index >= 15 is 0 Å². The monoisotopic (exact) mass is 236 g/mol. The second kappa shape index (κ2) is 6.91. The number of nitrogen functional groups attached to an aromatic ring is 1. The summed E-state index contributed by atoms with van der Waals surface area (Å²) in [5.41, 5.74) is 8.12. The van der Waals surface area contributed by atoms with Crippen LogP contribution in [-0.2, 0) is 9.53 Å². The van der Waals surface area contributed by atoms with Gasteiger partial charge in [-0.05, 0) is 38.0 Å². The van der Waals surface area contributed by atoms with Crippen molar-refractivity contribution in [2.24, 2.45) is 0 Å². The molecular formula is C13H20N2O2. The van der Waals surface area contributed by atoms with Crippen molar-refractivity contribution in [3.63, 3.8) is 0 Å². The third-order valence-electron chi connectivity index (χ3n) is 2.43. The van der Waals surface area contributed by atoms with Crippen LogP contribution in [0.3, 0.4) is 0 Å². The average Bonchev–Trinajstić information content (AvgIpc) is 2.29. The zero-order chi connectivity index (χ0) is 12.7. The summed E-state index contributed by atoms with van der Waals surface area (Å²) in [5.74, 6) is -0.00148. The molecule has 1 amide bonds. The van der Waals surface area contributed by atoms with Gasteiger partial charge in [0.15, 0.2) is 0 Å². The molecule has 0 spiro atoms. The van der Waals surface area contributed by atoms with Crippen LogP contribution in [0.5, 0.6) is 0 Å². The van der Waals surface area contributed by atoms with Crippen LogP contribution in [0.2, 0.25) is 0 Å². The molecule has 94 valence electrons. The third kappa shape index (κ3) is 4.87. The van der Waals surface area contributed by atoms with Gasteiger partial charge in [-0.25, -0.2) is 0 Å². The molecule has 0 saturated carbocycles. The number of nitrogens with one attached hydrogen (secondary N) is 1. The number of carbonyl (C=O) groups excluding carboxylic acids is 1. The van der Waals surface area contributed by atoms with Gasteiger partial charge in [0.05, 0.1) is 0 Å². The van der Waals surface area contributed by atoms with Crippen LogP contribution >= 0.6 is 0 Å². The Kier molecular flexibility index (Phi) is 5.49. The van der Waals surface area contributed by atoms with Crippen molar-refractivity contribution in [1.29, 1.82) is 0 Å². The number of benzene rings is 1. The summed E-state index contributed by atoms with van der Waals surface area (Å²) in [6.07, 6.45) is 1.20. The lowest BCUT2D eigenvalue weighted by atomic mass is 10.1. The van der Waals surface area contributed by atoms with Crippen LogP contribution in [0.4, 0.5) is 11.4 Å². The van der Waals surface area contributed by atoms with E-state index in [9.17, 15) is 4.79 Å². The Balaban J connectivity index is 2.42. The lowest BCUT2D eigenvalue weighted by Crippen LogP contribution is -2.13. The van der Waals surface area contributed by atoms with E-state index in [0.717, 1.165) is 17.7 Å². The van der Waals surface area contributed by atoms with Crippen LogP contribution in [0.15, 0.2) is 18.2 Å². The molecule has 17 heavy (non-hydrogen) atoms. The van der Waals surface area contributed by atoms with Crippen molar-refractivity contribution in [2.45, 2.75) is 26.7 Å². The average molecular weight is 236 g/mol. The first-order valence-electron chi connectivity index (χ1n) is 5.87. The molecule has 0 aliphatic carbocycles. The Labute approximate surface area is 102 Å². The smallest absolute Gasteiger partial charge is 0.224 e. The van der Waals surface area contributed by atoms with Gasteiger partial charge in [0.2, 0.25) is 5.91 Å². The lowest BCUT2D eigenvalue weighted by Gasteiger charge is -2.09. The van der Waals surface area contributed by atoms with Crippen molar-refractivity contribution < 1.29 is 9.53 Å². The fourth-order valence-electron chi connectivity index (χ4n) is 1.47. The minimum Gasteiger partial charge on any atom is -0.399 e. The van der Waals surface area contributed by atoms with Gasteiger partial charge in [0.1, 0.15) is 0 Å². The number of nitrogens with two attached hydrogens (primary N) is 1. The van der Waals surface area contributed by atoms with Crippen molar-refractivity contribution in [2.75, 3.05) is 24.3 Å². The van der Waals surface area contributed by atoms with Gasteiger partial charge in [0, 0.05) is 31.0 Å². The Morgan fingerprint density at radius 3 is 2.94 bits per heavy atom. The van der Waals surface area contributed by atoms with E-state index in [0.29, 0.717) is 25.3 Å². The van der Waals surface area contributed by atoms with Gasteiger partial charge in [-0.2, -0.15) is 0 Å². The van der Waals surface area contributed by atoms with Crippen LogP contribution in [-0.4, -0.2) is 19.1 Å². The zero-order valence-corrected chi connectivity index (χ0v) is 10.5. The van der Waals surface area contributed by atoms with Crippen molar-refractivity contribution >= 4 is 17.3 Å². The van der Waals surface area contributed by atoms with Gasteiger partial charge >= 0.3 is 0 Å². The zero-order valence-electron chi connectivity index (χ0n) is 10.5. The maximum Gasteiger partial charge on any atom is 0.224 e. The summed E-state index contributed by atoms with van der Waals surface area (Å²) in [4.78, 5) is 11.6. The maximum absolute atomic E-state index is 11.6. The molecule has 0 saturated heterocycles. The number of anilines is 2. The fourth-order valence-corrected chi connectivity index (χ4v) is 1.47. The van der Waals surface area contributed by atoms with Crippen molar-refractivity contribution in [3.8, 4) is 0 Å². The molecule has 0 radical (unpaired) electrons. The molecule has 1 aromatic carbocycles. The quantitative estimate of drug-likeness (QED) is 0.588. The first-order chi connectivity index (χ1) is 8.13.